The van der Waals surface area contributed by atoms with Crippen LogP contribution in [0.1, 0.15) is 0 Å². The molecule has 0 fully saturated rings. The molecule has 0 atom stereocenters. The third-order valence-electron chi connectivity index (χ3n) is 3.63. The van der Waals surface area contributed by atoms with E-state index in [0.717, 1.165) is 16.3 Å². The van der Waals surface area contributed by atoms with Crippen molar-refractivity contribution in [2.45, 2.75) is 0 Å². The van der Waals surface area contributed by atoms with Gasteiger partial charge >= 0.3 is 0 Å². The summed E-state index contributed by atoms with van der Waals surface area (Å²) >= 11 is 1.62. The molecule has 124 valence electrons. The van der Waals surface area contributed by atoms with Gasteiger partial charge in [-0.15, -0.1) is 21.5 Å². The molecule has 1 aromatic carbocycles. The first-order chi connectivity index (χ1) is 12.3. The Balaban J connectivity index is 1.76. The Kier molecular flexibility index (Phi) is 3.87. The zero-order valence-electron chi connectivity index (χ0n) is 13.3. The van der Waals surface area contributed by atoms with Crippen LogP contribution in [-0.2, 0) is 0 Å². The number of hydrogen-bond acceptors (Lipinski definition) is 7. The summed E-state index contributed by atoms with van der Waals surface area (Å²) < 4.78 is 6.83. The number of rotatable bonds is 4. The van der Waals surface area contributed by atoms with Crippen molar-refractivity contribution in [3.8, 4) is 16.3 Å². The Labute approximate surface area is 147 Å². The predicted octanol–water partition coefficient (Wildman–Crippen LogP) is 4.46. The first-order valence-electron chi connectivity index (χ1n) is 7.49. The van der Waals surface area contributed by atoms with Crippen LogP contribution in [-0.4, -0.2) is 21.7 Å². The molecule has 0 amide bonds. The molecule has 0 spiro atoms. The normalized spacial score (nSPS) is 11.4. The predicted molar refractivity (Wildman–Crippen MR) is 97.9 cm³/mol. The molecule has 7 nitrogen and oxygen atoms in total. The average molecular weight is 350 g/mol. The molecule has 0 aliphatic carbocycles. The summed E-state index contributed by atoms with van der Waals surface area (Å²) in [5.41, 5.74) is 8.67. The highest BCUT2D eigenvalue weighted by Gasteiger charge is 2.15. The van der Waals surface area contributed by atoms with Crippen LogP contribution in [0.2, 0.25) is 0 Å². The molecule has 0 aliphatic heterocycles. The summed E-state index contributed by atoms with van der Waals surface area (Å²) in [4.78, 5) is 5.44. The maximum atomic E-state index is 6.04. The van der Waals surface area contributed by atoms with E-state index in [-0.39, 0.29) is 5.82 Å². The third kappa shape index (κ3) is 2.83. The van der Waals surface area contributed by atoms with Gasteiger partial charge < -0.3 is 10.5 Å². The van der Waals surface area contributed by atoms with Gasteiger partial charge in [0.1, 0.15) is 5.75 Å². The molecule has 4 aromatic rings. The monoisotopic (exact) mass is 350 g/mol. The molecule has 2 N–H and O–H groups in total. The van der Waals surface area contributed by atoms with Gasteiger partial charge in [0.15, 0.2) is 17.2 Å². The quantitative estimate of drug-likeness (QED) is 0.550. The fraction of sp³-hybridized carbons (Fsp3) is 0.0588. The maximum absolute atomic E-state index is 6.04. The van der Waals surface area contributed by atoms with Gasteiger partial charge in [-0.2, -0.15) is 5.11 Å². The van der Waals surface area contributed by atoms with Crippen LogP contribution >= 0.6 is 11.3 Å². The number of azo groups is 1. The third-order valence-corrected chi connectivity index (χ3v) is 4.52. The Morgan fingerprint density at radius 3 is 2.68 bits per heavy atom. The van der Waals surface area contributed by atoms with Gasteiger partial charge in [-0.1, -0.05) is 6.07 Å². The summed E-state index contributed by atoms with van der Waals surface area (Å²) in [5.74, 6) is 1.05. The molecule has 3 heterocycles. The van der Waals surface area contributed by atoms with Crippen LogP contribution in [0.3, 0.4) is 0 Å². The van der Waals surface area contributed by atoms with E-state index in [2.05, 4.69) is 20.3 Å². The molecule has 3 aromatic heterocycles. The number of anilines is 1. The van der Waals surface area contributed by atoms with E-state index >= 15 is 0 Å². The zero-order valence-corrected chi connectivity index (χ0v) is 14.1. The molecule has 0 saturated heterocycles. The minimum Gasteiger partial charge on any atom is -0.497 e. The Morgan fingerprint density at radius 1 is 1.12 bits per heavy atom. The number of benzene rings is 1. The maximum Gasteiger partial charge on any atom is 0.185 e. The molecule has 0 radical (unpaired) electrons. The fourth-order valence-electron chi connectivity index (χ4n) is 2.41. The van der Waals surface area contributed by atoms with E-state index in [1.54, 1.807) is 29.2 Å². The Bertz CT molecular complexity index is 1040. The van der Waals surface area contributed by atoms with Crippen LogP contribution in [0.25, 0.3) is 16.2 Å². The highest BCUT2D eigenvalue weighted by molar-refractivity contribution is 7.13. The SMILES string of the molecule is COc1ccc(N=Nc2c(N)nn3c(-c4cccs4)ccnc23)cc1. The van der Waals surface area contributed by atoms with Crippen molar-refractivity contribution < 1.29 is 4.74 Å². The largest absolute Gasteiger partial charge is 0.497 e. The molecule has 0 unspecified atom stereocenters. The van der Waals surface area contributed by atoms with Crippen molar-refractivity contribution in [3.05, 3.63) is 54.0 Å². The van der Waals surface area contributed by atoms with E-state index < -0.39 is 0 Å². The molecule has 25 heavy (non-hydrogen) atoms. The smallest absolute Gasteiger partial charge is 0.185 e. The molecular formula is C17H14N6OS. The second-order valence-corrected chi connectivity index (χ2v) is 6.12. The summed E-state index contributed by atoms with van der Waals surface area (Å²) in [6.07, 6.45) is 1.72. The molecule has 0 saturated carbocycles. The first-order valence-corrected chi connectivity index (χ1v) is 8.37. The fourth-order valence-corrected chi connectivity index (χ4v) is 3.15. The van der Waals surface area contributed by atoms with Crippen LogP contribution in [0, 0.1) is 0 Å². The summed E-state index contributed by atoms with van der Waals surface area (Å²) in [6, 6.07) is 13.2. The van der Waals surface area contributed by atoms with Gasteiger partial charge in [0.25, 0.3) is 0 Å². The van der Waals surface area contributed by atoms with Crippen molar-refractivity contribution >= 4 is 34.2 Å². The van der Waals surface area contributed by atoms with E-state index in [1.165, 1.54) is 0 Å². The zero-order chi connectivity index (χ0) is 17.2. The lowest BCUT2D eigenvalue weighted by Gasteiger charge is -2.00. The highest BCUT2D eigenvalue weighted by atomic mass is 32.1. The van der Waals surface area contributed by atoms with Crippen molar-refractivity contribution in [2.24, 2.45) is 10.2 Å². The van der Waals surface area contributed by atoms with Crippen molar-refractivity contribution in [1.29, 1.82) is 0 Å². The summed E-state index contributed by atoms with van der Waals surface area (Å²) in [7, 11) is 1.62. The standard InChI is InChI=1S/C17H14N6OS/c1-24-12-6-4-11(5-7-12)20-21-15-16(18)22-23-13(8-9-19-17(15)23)14-3-2-10-25-14/h2-10H,1H3,(H2,18,22). The Morgan fingerprint density at radius 2 is 1.96 bits per heavy atom. The van der Waals surface area contributed by atoms with Crippen molar-refractivity contribution in [3.63, 3.8) is 0 Å². The van der Waals surface area contributed by atoms with Gasteiger partial charge in [0, 0.05) is 6.20 Å². The van der Waals surface area contributed by atoms with E-state index in [9.17, 15) is 0 Å². The molecular weight excluding hydrogens is 336 g/mol. The lowest BCUT2D eigenvalue weighted by molar-refractivity contribution is 0.415. The average Bonchev–Trinajstić information content (AvgIpc) is 3.28. The molecule has 4 rings (SSSR count). The minimum atomic E-state index is 0.286. The van der Waals surface area contributed by atoms with Gasteiger partial charge in [-0.3, -0.25) is 0 Å². The van der Waals surface area contributed by atoms with Gasteiger partial charge in [-0.25, -0.2) is 9.50 Å². The number of nitrogens with zero attached hydrogens (tertiary/aromatic N) is 5. The van der Waals surface area contributed by atoms with E-state index in [4.69, 9.17) is 10.5 Å². The van der Waals surface area contributed by atoms with Gasteiger partial charge in [0.05, 0.1) is 23.4 Å². The number of aromatic nitrogens is 3. The number of nitrogens with two attached hydrogens (primary N) is 1. The van der Waals surface area contributed by atoms with Gasteiger partial charge in [-0.05, 0) is 41.8 Å². The summed E-state index contributed by atoms with van der Waals surface area (Å²) in [6.45, 7) is 0. The van der Waals surface area contributed by atoms with E-state index in [0.29, 0.717) is 17.0 Å². The number of fused-ring (bicyclic) bond motifs is 1. The number of ether oxygens (including phenoxy) is 1. The first kappa shape index (κ1) is 15.3. The topological polar surface area (TPSA) is 90.2 Å². The van der Waals surface area contributed by atoms with Crippen LogP contribution < -0.4 is 10.5 Å². The second-order valence-electron chi connectivity index (χ2n) is 5.17. The number of hydrogen-bond donors (Lipinski definition) is 1. The molecule has 8 heteroatoms. The number of nitrogen functional groups attached to an aromatic ring is 1. The minimum absolute atomic E-state index is 0.286. The Hall–Kier alpha value is -3.26. The van der Waals surface area contributed by atoms with Crippen molar-refractivity contribution in [2.75, 3.05) is 12.8 Å². The number of methoxy groups -OCH3 is 1. The van der Waals surface area contributed by atoms with Crippen LogP contribution in [0.4, 0.5) is 17.2 Å². The summed E-state index contributed by atoms with van der Waals surface area (Å²) in [5, 5.41) is 14.9. The molecule has 0 aliphatic rings. The molecule has 0 bridgehead atoms. The number of thiophene rings is 1. The second kappa shape index (κ2) is 6.33. The van der Waals surface area contributed by atoms with E-state index in [1.807, 2.05) is 47.8 Å². The van der Waals surface area contributed by atoms with Crippen molar-refractivity contribution in [1.82, 2.24) is 14.6 Å². The highest BCUT2D eigenvalue weighted by Crippen LogP contribution is 2.32. The van der Waals surface area contributed by atoms with Gasteiger partial charge in [0.2, 0.25) is 0 Å². The lowest BCUT2D eigenvalue weighted by atomic mass is 10.3. The van der Waals surface area contributed by atoms with Crippen LogP contribution in [0.5, 0.6) is 5.75 Å². The van der Waals surface area contributed by atoms with Crippen LogP contribution in [0.15, 0.2) is 64.3 Å². The lowest BCUT2D eigenvalue weighted by Crippen LogP contribution is -1.94.